The topological polar surface area (TPSA) is 64.1 Å². The van der Waals surface area contributed by atoms with Crippen molar-refractivity contribution < 1.29 is 9.53 Å². The zero-order chi connectivity index (χ0) is 19.5. The van der Waals surface area contributed by atoms with Crippen LogP contribution in [0.1, 0.15) is 12.5 Å². The molecule has 0 aliphatic carbocycles. The summed E-state index contributed by atoms with van der Waals surface area (Å²) in [6, 6.07) is 19.1. The lowest BCUT2D eigenvalue weighted by molar-refractivity contribution is -0.122. The van der Waals surface area contributed by atoms with Gasteiger partial charge in [0, 0.05) is 17.4 Å². The number of thiazole rings is 1. The molecule has 2 aromatic carbocycles. The van der Waals surface area contributed by atoms with Crippen LogP contribution in [0, 0.1) is 6.92 Å². The summed E-state index contributed by atoms with van der Waals surface area (Å²) in [5.74, 6) is 0.487. The van der Waals surface area contributed by atoms with E-state index in [1.807, 2.05) is 67.6 Å². The lowest BCUT2D eigenvalue weighted by Crippen LogP contribution is -2.30. The smallest absolute Gasteiger partial charge is 0.265 e. The number of nitrogens with one attached hydrogen (secondary N) is 1. The predicted molar refractivity (Wildman–Crippen MR) is 113 cm³/mol. The van der Waals surface area contributed by atoms with E-state index in [9.17, 15) is 4.79 Å². The molecule has 28 heavy (non-hydrogen) atoms. The Morgan fingerprint density at radius 3 is 2.68 bits per heavy atom. The van der Waals surface area contributed by atoms with Crippen LogP contribution >= 0.6 is 11.3 Å². The summed E-state index contributed by atoms with van der Waals surface area (Å²) in [6.07, 6.45) is 1.17. The van der Waals surface area contributed by atoms with Crippen LogP contribution in [0.4, 0.5) is 5.69 Å². The molecule has 140 valence electrons. The average Bonchev–Trinajstić information content (AvgIpc) is 3.13. The zero-order valence-electron chi connectivity index (χ0n) is 15.5. The summed E-state index contributed by atoms with van der Waals surface area (Å²) in [5, 5.41) is 3.79. The molecule has 0 fully saturated rings. The maximum Gasteiger partial charge on any atom is 0.265 e. The quantitative estimate of drug-likeness (QED) is 0.517. The second-order valence-electron chi connectivity index (χ2n) is 6.49. The van der Waals surface area contributed by atoms with E-state index in [0.29, 0.717) is 11.4 Å². The van der Waals surface area contributed by atoms with Gasteiger partial charge in [-0.15, -0.1) is 0 Å². The largest absolute Gasteiger partial charge is 0.481 e. The van der Waals surface area contributed by atoms with Gasteiger partial charge >= 0.3 is 0 Å². The van der Waals surface area contributed by atoms with E-state index in [4.69, 9.17) is 4.74 Å². The van der Waals surface area contributed by atoms with Gasteiger partial charge in [0.1, 0.15) is 21.1 Å². The number of hydrogen-bond donors (Lipinski definition) is 1. The highest BCUT2D eigenvalue weighted by Gasteiger charge is 2.15. The van der Waals surface area contributed by atoms with Crippen molar-refractivity contribution in [3.63, 3.8) is 0 Å². The second kappa shape index (κ2) is 7.78. The van der Waals surface area contributed by atoms with Gasteiger partial charge in [-0.25, -0.2) is 9.97 Å². The molecule has 0 saturated heterocycles. The molecule has 5 nitrogen and oxygen atoms in total. The summed E-state index contributed by atoms with van der Waals surface area (Å²) in [5.41, 5.74) is 3.69. The minimum atomic E-state index is -0.600. The number of aryl methyl sites for hydroxylation is 1. The van der Waals surface area contributed by atoms with E-state index in [-0.39, 0.29) is 5.91 Å². The van der Waals surface area contributed by atoms with E-state index in [1.54, 1.807) is 24.5 Å². The summed E-state index contributed by atoms with van der Waals surface area (Å²) >= 11 is 1.55. The summed E-state index contributed by atoms with van der Waals surface area (Å²) in [4.78, 5) is 22.3. The molecule has 0 aliphatic heterocycles. The van der Waals surface area contributed by atoms with E-state index < -0.39 is 6.10 Å². The first kappa shape index (κ1) is 18.1. The predicted octanol–water partition coefficient (Wildman–Crippen LogP) is 5.07. The van der Waals surface area contributed by atoms with Crippen molar-refractivity contribution in [2.45, 2.75) is 20.0 Å². The lowest BCUT2D eigenvalue weighted by Gasteiger charge is -2.15. The van der Waals surface area contributed by atoms with Crippen LogP contribution in [0.5, 0.6) is 5.75 Å². The van der Waals surface area contributed by atoms with Crippen LogP contribution in [-0.4, -0.2) is 22.0 Å². The molecule has 0 spiro atoms. The van der Waals surface area contributed by atoms with Gasteiger partial charge in [0.25, 0.3) is 5.91 Å². The molecular formula is C22H19N3O2S. The van der Waals surface area contributed by atoms with Crippen molar-refractivity contribution in [3.05, 3.63) is 72.4 Å². The first-order valence-electron chi connectivity index (χ1n) is 8.95. The van der Waals surface area contributed by atoms with Crippen LogP contribution in [-0.2, 0) is 4.79 Å². The van der Waals surface area contributed by atoms with E-state index >= 15 is 0 Å². The first-order chi connectivity index (χ1) is 13.6. The van der Waals surface area contributed by atoms with Crippen molar-refractivity contribution in [3.8, 4) is 16.3 Å². The Balaban J connectivity index is 1.43. The Hall–Kier alpha value is -3.25. The van der Waals surface area contributed by atoms with E-state index in [0.717, 1.165) is 26.5 Å². The number of nitrogens with zero attached hydrogens (tertiary/aromatic N) is 2. The summed E-state index contributed by atoms with van der Waals surface area (Å²) in [6.45, 7) is 3.72. The highest BCUT2D eigenvalue weighted by molar-refractivity contribution is 7.21. The number of rotatable bonds is 5. The number of pyridine rings is 1. The fourth-order valence-corrected chi connectivity index (χ4v) is 3.69. The van der Waals surface area contributed by atoms with Gasteiger partial charge in [-0.3, -0.25) is 4.79 Å². The summed E-state index contributed by atoms with van der Waals surface area (Å²) < 4.78 is 5.73. The molecule has 6 heteroatoms. The number of fused-ring (bicyclic) bond motifs is 1. The minimum Gasteiger partial charge on any atom is -0.481 e. The minimum absolute atomic E-state index is 0.196. The Kier molecular flexibility index (Phi) is 5.04. The van der Waals surface area contributed by atoms with Crippen molar-refractivity contribution in [2.24, 2.45) is 0 Å². The molecule has 4 rings (SSSR count). The highest BCUT2D eigenvalue weighted by Crippen LogP contribution is 2.29. The van der Waals surface area contributed by atoms with Gasteiger partial charge in [-0.1, -0.05) is 23.5 Å². The van der Waals surface area contributed by atoms with Crippen molar-refractivity contribution in [1.29, 1.82) is 0 Å². The Morgan fingerprint density at radius 1 is 1.11 bits per heavy atom. The summed E-state index contributed by atoms with van der Waals surface area (Å²) in [7, 11) is 0. The zero-order valence-corrected chi connectivity index (χ0v) is 16.4. The molecule has 0 bridgehead atoms. The lowest BCUT2D eigenvalue weighted by atomic mass is 10.2. The van der Waals surface area contributed by atoms with Crippen molar-refractivity contribution in [1.82, 2.24) is 9.97 Å². The number of hydrogen-bond acceptors (Lipinski definition) is 5. The van der Waals surface area contributed by atoms with Crippen molar-refractivity contribution in [2.75, 3.05) is 5.32 Å². The maximum absolute atomic E-state index is 12.4. The van der Waals surface area contributed by atoms with Crippen LogP contribution in [0.3, 0.4) is 0 Å². The number of aromatic nitrogens is 2. The Morgan fingerprint density at radius 2 is 1.93 bits per heavy atom. The van der Waals surface area contributed by atoms with Crippen LogP contribution in [0.15, 0.2) is 66.9 Å². The van der Waals surface area contributed by atoms with Gasteiger partial charge in [-0.05, 0) is 67.9 Å². The van der Waals surface area contributed by atoms with Gasteiger partial charge in [0.2, 0.25) is 0 Å². The highest BCUT2D eigenvalue weighted by atomic mass is 32.1. The molecular weight excluding hydrogens is 370 g/mol. The maximum atomic E-state index is 12.4. The first-order valence-corrected chi connectivity index (χ1v) is 9.76. The third kappa shape index (κ3) is 4.02. The number of ether oxygens (including phenoxy) is 1. The van der Waals surface area contributed by atoms with E-state index in [1.165, 1.54) is 0 Å². The molecule has 1 atom stereocenters. The van der Waals surface area contributed by atoms with Crippen LogP contribution in [0.2, 0.25) is 0 Å². The Labute approximate surface area is 167 Å². The molecule has 0 saturated carbocycles. The van der Waals surface area contributed by atoms with Gasteiger partial charge in [0.15, 0.2) is 6.10 Å². The number of anilines is 1. The molecule has 2 heterocycles. The standard InChI is InChI=1S/C22H19N3O2S/c1-14-5-3-6-18(13-14)27-15(2)20(26)24-17-10-8-16(9-11-17)21-25-19-7-4-12-23-22(19)28-21/h3-13,15H,1-2H3,(H,24,26). The number of carbonyl (C=O) groups is 1. The van der Waals surface area contributed by atoms with Crippen LogP contribution in [0.25, 0.3) is 20.9 Å². The van der Waals surface area contributed by atoms with Gasteiger partial charge in [-0.2, -0.15) is 0 Å². The Bertz CT molecular complexity index is 1090. The molecule has 4 aromatic rings. The molecule has 1 unspecified atom stereocenters. The number of carbonyl (C=O) groups excluding carboxylic acids is 1. The fraction of sp³-hybridized carbons (Fsp3) is 0.136. The number of benzene rings is 2. The number of amides is 1. The molecule has 1 amide bonds. The molecule has 2 aromatic heterocycles. The average molecular weight is 389 g/mol. The second-order valence-corrected chi connectivity index (χ2v) is 7.47. The van der Waals surface area contributed by atoms with E-state index in [2.05, 4.69) is 15.3 Å². The normalized spacial score (nSPS) is 11.9. The van der Waals surface area contributed by atoms with Gasteiger partial charge in [0.05, 0.1) is 0 Å². The molecule has 0 radical (unpaired) electrons. The fourth-order valence-electron chi connectivity index (χ4n) is 2.78. The van der Waals surface area contributed by atoms with Gasteiger partial charge < -0.3 is 10.1 Å². The molecule has 0 aliphatic rings. The monoisotopic (exact) mass is 389 g/mol. The SMILES string of the molecule is Cc1cccc(OC(C)C(=O)Nc2ccc(-c3nc4cccnc4s3)cc2)c1. The van der Waals surface area contributed by atoms with Crippen molar-refractivity contribution >= 4 is 33.3 Å². The van der Waals surface area contributed by atoms with Crippen LogP contribution < -0.4 is 10.1 Å². The third-order valence-electron chi connectivity index (χ3n) is 4.24. The third-order valence-corrected chi connectivity index (χ3v) is 5.27. The molecule has 1 N–H and O–H groups in total.